The highest BCUT2D eigenvalue weighted by molar-refractivity contribution is 7.99. The fraction of sp³-hybridized carbons (Fsp3) is 0.647. The quantitative estimate of drug-likeness (QED) is 0.472. The average molecular weight is 360 g/mol. The molecule has 1 saturated carbocycles. The summed E-state index contributed by atoms with van der Waals surface area (Å²) in [5, 5.41) is 18.5. The number of hydrogen-bond acceptors (Lipinski definition) is 7. The molecule has 0 atom stereocenters. The fourth-order valence-electron chi connectivity index (χ4n) is 3.02. The van der Waals surface area contributed by atoms with Gasteiger partial charge in [-0.05, 0) is 38.5 Å². The zero-order chi connectivity index (χ0) is 18.0. The van der Waals surface area contributed by atoms with Crippen molar-refractivity contribution >= 4 is 23.5 Å². The van der Waals surface area contributed by atoms with Gasteiger partial charge in [0.1, 0.15) is 11.6 Å². The Morgan fingerprint density at radius 2 is 2.00 bits per heavy atom. The number of rotatable bonds is 6. The van der Waals surface area contributed by atoms with Crippen molar-refractivity contribution in [3.63, 3.8) is 0 Å². The van der Waals surface area contributed by atoms with E-state index in [0.29, 0.717) is 6.04 Å². The Morgan fingerprint density at radius 1 is 1.32 bits per heavy atom. The molecule has 0 aromatic carbocycles. The number of anilines is 1. The second kappa shape index (κ2) is 7.48. The van der Waals surface area contributed by atoms with Crippen molar-refractivity contribution in [2.75, 3.05) is 23.7 Å². The summed E-state index contributed by atoms with van der Waals surface area (Å²) in [7, 11) is 0. The Bertz CT molecular complexity index is 718. The molecule has 1 saturated heterocycles. The van der Waals surface area contributed by atoms with Gasteiger partial charge in [0, 0.05) is 24.8 Å². The molecule has 2 fully saturated rings. The SMILES string of the molecule is C/C(N)=C(/C#N)C(=O)CSc1nnc(N2CCC(C)CC2)n1C1CC1. The van der Waals surface area contributed by atoms with Gasteiger partial charge >= 0.3 is 0 Å². The van der Waals surface area contributed by atoms with Gasteiger partial charge in [-0.1, -0.05) is 18.7 Å². The van der Waals surface area contributed by atoms with E-state index in [9.17, 15) is 4.79 Å². The molecule has 3 rings (SSSR count). The van der Waals surface area contributed by atoms with E-state index in [-0.39, 0.29) is 22.8 Å². The van der Waals surface area contributed by atoms with Crippen LogP contribution < -0.4 is 10.6 Å². The van der Waals surface area contributed by atoms with Gasteiger partial charge in [-0.3, -0.25) is 9.36 Å². The summed E-state index contributed by atoms with van der Waals surface area (Å²) in [6, 6.07) is 2.32. The van der Waals surface area contributed by atoms with Crippen molar-refractivity contribution in [3.05, 3.63) is 11.3 Å². The van der Waals surface area contributed by atoms with E-state index in [1.54, 1.807) is 6.92 Å². The van der Waals surface area contributed by atoms with Crippen molar-refractivity contribution in [2.24, 2.45) is 11.7 Å². The van der Waals surface area contributed by atoms with Crippen LogP contribution in [0.3, 0.4) is 0 Å². The minimum absolute atomic E-state index is 0.0372. The van der Waals surface area contributed by atoms with Crippen LogP contribution in [0.5, 0.6) is 0 Å². The van der Waals surface area contributed by atoms with Crippen molar-refractivity contribution in [3.8, 4) is 6.07 Å². The van der Waals surface area contributed by atoms with Gasteiger partial charge in [-0.15, -0.1) is 10.2 Å². The highest BCUT2D eigenvalue weighted by Crippen LogP contribution is 2.41. The smallest absolute Gasteiger partial charge is 0.228 e. The maximum absolute atomic E-state index is 12.2. The summed E-state index contributed by atoms with van der Waals surface area (Å²) in [6.45, 7) is 5.87. The minimum Gasteiger partial charge on any atom is -0.401 e. The van der Waals surface area contributed by atoms with E-state index in [4.69, 9.17) is 11.0 Å². The number of carbonyl (C=O) groups is 1. The molecule has 1 aromatic rings. The van der Waals surface area contributed by atoms with E-state index in [1.807, 2.05) is 6.07 Å². The predicted molar refractivity (Wildman–Crippen MR) is 97.1 cm³/mol. The standard InChI is InChI=1S/C17H24N6OS/c1-11-5-7-22(8-6-11)16-20-21-17(23(16)13-3-4-13)25-10-15(24)14(9-18)12(2)19/h11,13H,3-8,10,19H2,1-2H3/b14-12+. The number of Topliss-reactive ketones (excluding diaryl/α,β-unsaturated/α-hetero) is 1. The molecule has 2 heterocycles. The molecule has 7 nitrogen and oxygen atoms in total. The molecule has 2 N–H and O–H groups in total. The van der Waals surface area contributed by atoms with E-state index >= 15 is 0 Å². The number of aromatic nitrogens is 3. The number of piperidine rings is 1. The van der Waals surface area contributed by atoms with Crippen LogP contribution in [0.2, 0.25) is 0 Å². The van der Waals surface area contributed by atoms with Gasteiger partial charge in [-0.2, -0.15) is 5.26 Å². The summed E-state index contributed by atoms with van der Waals surface area (Å²) in [5.74, 6) is 1.58. The maximum Gasteiger partial charge on any atom is 0.228 e. The van der Waals surface area contributed by atoms with E-state index in [1.165, 1.54) is 24.6 Å². The van der Waals surface area contributed by atoms with Gasteiger partial charge < -0.3 is 10.6 Å². The molecular formula is C17H24N6OS. The molecule has 1 aliphatic heterocycles. The normalized spacial score (nSPS) is 19.5. The lowest BCUT2D eigenvalue weighted by atomic mass is 10.00. The van der Waals surface area contributed by atoms with Gasteiger partial charge in [-0.25, -0.2) is 0 Å². The Hall–Kier alpha value is -2.01. The molecule has 8 heteroatoms. The summed E-state index contributed by atoms with van der Waals surface area (Å²) >= 11 is 1.34. The third-order valence-corrected chi connectivity index (χ3v) is 5.69. The second-order valence-electron chi connectivity index (χ2n) is 6.93. The van der Waals surface area contributed by atoms with E-state index in [0.717, 1.165) is 43.0 Å². The molecule has 25 heavy (non-hydrogen) atoms. The molecule has 1 aliphatic carbocycles. The molecule has 0 radical (unpaired) electrons. The molecule has 134 valence electrons. The van der Waals surface area contributed by atoms with E-state index < -0.39 is 0 Å². The highest BCUT2D eigenvalue weighted by Gasteiger charge is 2.32. The summed E-state index contributed by atoms with van der Waals surface area (Å²) in [6.07, 6.45) is 4.60. The van der Waals surface area contributed by atoms with Crippen molar-refractivity contribution in [2.45, 2.75) is 50.7 Å². The summed E-state index contributed by atoms with van der Waals surface area (Å²) in [5.41, 5.74) is 5.91. The Kier molecular flexibility index (Phi) is 5.33. The van der Waals surface area contributed by atoms with Crippen LogP contribution in [0, 0.1) is 17.2 Å². The number of allylic oxidation sites excluding steroid dienone is 2. The third kappa shape index (κ3) is 3.98. The van der Waals surface area contributed by atoms with Crippen LogP contribution >= 0.6 is 11.8 Å². The Balaban J connectivity index is 1.73. The molecular weight excluding hydrogens is 336 g/mol. The first-order valence-corrected chi connectivity index (χ1v) is 9.72. The van der Waals surface area contributed by atoms with Crippen LogP contribution in [-0.2, 0) is 4.79 Å². The van der Waals surface area contributed by atoms with Gasteiger partial charge in [0.05, 0.1) is 5.75 Å². The Morgan fingerprint density at radius 3 is 2.56 bits per heavy atom. The number of hydrogen-bond donors (Lipinski definition) is 1. The van der Waals surface area contributed by atoms with Crippen molar-refractivity contribution in [1.82, 2.24) is 14.8 Å². The van der Waals surface area contributed by atoms with Gasteiger partial charge in [0.2, 0.25) is 5.95 Å². The van der Waals surface area contributed by atoms with Gasteiger partial charge in [0.15, 0.2) is 10.9 Å². The van der Waals surface area contributed by atoms with Crippen LogP contribution in [0.25, 0.3) is 0 Å². The topological polar surface area (TPSA) is 101 Å². The minimum atomic E-state index is -0.258. The predicted octanol–water partition coefficient (Wildman–Crippen LogP) is 2.27. The number of nitriles is 1. The summed E-state index contributed by atoms with van der Waals surface area (Å²) < 4.78 is 2.18. The molecule has 0 unspecified atom stereocenters. The monoisotopic (exact) mass is 360 g/mol. The molecule has 0 amide bonds. The zero-order valence-electron chi connectivity index (χ0n) is 14.7. The molecule has 0 spiro atoms. The largest absolute Gasteiger partial charge is 0.401 e. The number of nitrogens with zero attached hydrogens (tertiary/aromatic N) is 5. The Labute approximate surface area is 152 Å². The van der Waals surface area contributed by atoms with Crippen LogP contribution in [-0.4, -0.2) is 39.4 Å². The lowest BCUT2D eigenvalue weighted by Gasteiger charge is -2.31. The van der Waals surface area contributed by atoms with Crippen LogP contribution in [0.15, 0.2) is 16.4 Å². The van der Waals surface area contributed by atoms with Crippen LogP contribution in [0.1, 0.15) is 45.6 Å². The zero-order valence-corrected chi connectivity index (χ0v) is 15.6. The number of carbonyl (C=O) groups excluding carboxylic acids is 1. The molecule has 2 aliphatic rings. The maximum atomic E-state index is 12.2. The summed E-state index contributed by atoms with van der Waals surface area (Å²) in [4.78, 5) is 14.5. The first-order chi connectivity index (χ1) is 12.0. The molecule has 0 bridgehead atoms. The van der Waals surface area contributed by atoms with Crippen molar-refractivity contribution < 1.29 is 4.79 Å². The fourth-order valence-corrected chi connectivity index (χ4v) is 3.89. The number of nitrogens with two attached hydrogens (primary N) is 1. The molecule has 1 aromatic heterocycles. The lowest BCUT2D eigenvalue weighted by Crippen LogP contribution is -2.34. The second-order valence-corrected chi connectivity index (χ2v) is 7.88. The van der Waals surface area contributed by atoms with Crippen molar-refractivity contribution in [1.29, 1.82) is 5.26 Å². The first-order valence-electron chi connectivity index (χ1n) is 8.73. The number of thioether (sulfide) groups is 1. The average Bonchev–Trinajstić information content (AvgIpc) is 3.33. The number of ketones is 1. The van der Waals surface area contributed by atoms with Gasteiger partial charge in [0.25, 0.3) is 0 Å². The third-order valence-electron chi connectivity index (χ3n) is 4.74. The van der Waals surface area contributed by atoms with E-state index in [2.05, 4.69) is 26.6 Å². The first kappa shape index (κ1) is 17.8. The highest BCUT2D eigenvalue weighted by atomic mass is 32.2. The van der Waals surface area contributed by atoms with Crippen LogP contribution in [0.4, 0.5) is 5.95 Å². The lowest BCUT2D eigenvalue weighted by molar-refractivity contribution is -0.112.